The first kappa shape index (κ1) is 20.2. The van der Waals surface area contributed by atoms with Crippen molar-refractivity contribution in [2.75, 3.05) is 33.4 Å². The lowest BCUT2D eigenvalue weighted by Crippen LogP contribution is -2.40. The van der Waals surface area contributed by atoms with Crippen LogP contribution in [0.25, 0.3) is 0 Å². The van der Waals surface area contributed by atoms with Crippen molar-refractivity contribution in [2.45, 2.75) is 30.7 Å². The van der Waals surface area contributed by atoms with Crippen molar-refractivity contribution in [1.29, 1.82) is 0 Å². The number of nitrogens with zero attached hydrogens (tertiary/aromatic N) is 1. The molecule has 0 radical (unpaired) electrons. The zero-order valence-electron chi connectivity index (χ0n) is 15.0. The summed E-state index contributed by atoms with van der Waals surface area (Å²) in [6.45, 7) is 3.16. The summed E-state index contributed by atoms with van der Waals surface area (Å²) < 4.78 is 37.6. The lowest BCUT2D eigenvalue weighted by atomic mass is 10.1. The smallest absolute Gasteiger partial charge is 0.252 e. The maximum atomic E-state index is 12.9. The van der Waals surface area contributed by atoms with Crippen molar-refractivity contribution in [3.8, 4) is 18.1 Å². The van der Waals surface area contributed by atoms with Gasteiger partial charge < -0.3 is 14.8 Å². The number of amides is 1. The normalized spacial score (nSPS) is 16.5. The Labute approximate surface area is 154 Å². The molecule has 142 valence electrons. The second-order valence-electron chi connectivity index (χ2n) is 5.86. The van der Waals surface area contributed by atoms with Gasteiger partial charge >= 0.3 is 0 Å². The highest BCUT2D eigenvalue weighted by atomic mass is 32.2. The van der Waals surface area contributed by atoms with Crippen LogP contribution in [0.15, 0.2) is 23.1 Å². The molecule has 0 saturated carbocycles. The van der Waals surface area contributed by atoms with Crippen LogP contribution in [0.5, 0.6) is 5.75 Å². The third-order valence-corrected chi connectivity index (χ3v) is 6.02. The maximum Gasteiger partial charge on any atom is 0.252 e. The topological polar surface area (TPSA) is 84.9 Å². The van der Waals surface area contributed by atoms with Gasteiger partial charge in [0, 0.05) is 18.7 Å². The molecule has 1 atom stereocenters. The number of hydrogen-bond acceptors (Lipinski definition) is 5. The van der Waals surface area contributed by atoms with Gasteiger partial charge in [-0.3, -0.25) is 4.79 Å². The van der Waals surface area contributed by atoms with Crippen molar-refractivity contribution in [3.63, 3.8) is 0 Å². The van der Waals surface area contributed by atoms with E-state index in [1.165, 1.54) is 29.6 Å². The van der Waals surface area contributed by atoms with Crippen LogP contribution >= 0.6 is 0 Å². The Kier molecular flexibility index (Phi) is 7.03. The highest BCUT2D eigenvalue weighted by Crippen LogP contribution is 2.28. The summed E-state index contributed by atoms with van der Waals surface area (Å²) in [5.41, 5.74) is 0.217. The van der Waals surface area contributed by atoms with E-state index in [-0.39, 0.29) is 29.3 Å². The van der Waals surface area contributed by atoms with E-state index in [2.05, 4.69) is 11.2 Å². The summed E-state index contributed by atoms with van der Waals surface area (Å²) in [7, 11) is -2.41. The van der Waals surface area contributed by atoms with Crippen molar-refractivity contribution in [2.24, 2.45) is 0 Å². The van der Waals surface area contributed by atoms with Crippen molar-refractivity contribution in [1.82, 2.24) is 9.62 Å². The lowest BCUT2D eigenvalue weighted by Gasteiger charge is -2.26. The molecule has 0 unspecified atom stereocenters. The van der Waals surface area contributed by atoms with E-state index in [1.54, 1.807) is 0 Å². The number of benzene rings is 1. The van der Waals surface area contributed by atoms with Crippen LogP contribution in [0, 0.1) is 12.3 Å². The molecule has 1 amide bonds. The molecule has 0 aromatic heterocycles. The van der Waals surface area contributed by atoms with E-state index in [9.17, 15) is 13.2 Å². The number of ether oxygens (including phenoxy) is 2. The molecular weight excluding hydrogens is 356 g/mol. The van der Waals surface area contributed by atoms with Gasteiger partial charge in [-0.15, -0.1) is 6.42 Å². The van der Waals surface area contributed by atoms with E-state index >= 15 is 0 Å². The van der Waals surface area contributed by atoms with Gasteiger partial charge in [-0.05, 0) is 24.6 Å². The van der Waals surface area contributed by atoms with E-state index in [4.69, 9.17) is 15.9 Å². The van der Waals surface area contributed by atoms with Gasteiger partial charge in [-0.1, -0.05) is 19.3 Å². The Bertz CT molecular complexity index is 779. The fourth-order valence-corrected chi connectivity index (χ4v) is 4.26. The molecule has 1 fully saturated rings. The second kappa shape index (κ2) is 9.03. The number of carbonyl (C=O) groups is 1. The minimum absolute atomic E-state index is 0.0395. The highest BCUT2D eigenvalue weighted by Gasteiger charge is 2.30. The molecule has 1 heterocycles. The monoisotopic (exact) mass is 380 g/mol. The maximum absolute atomic E-state index is 12.9. The fourth-order valence-electron chi connectivity index (χ4n) is 2.67. The van der Waals surface area contributed by atoms with Crippen LogP contribution in [-0.4, -0.2) is 58.1 Å². The van der Waals surface area contributed by atoms with Gasteiger partial charge in [-0.2, -0.15) is 4.31 Å². The number of nitrogens with one attached hydrogen (secondary N) is 1. The molecule has 26 heavy (non-hydrogen) atoms. The minimum atomic E-state index is -3.80. The molecule has 1 aromatic carbocycles. The molecule has 1 saturated heterocycles. The van der Waals surface area contributed by atoms with Crippen LogP contribution in [0.3, 0.4) is 0 Å². The van der Waals surface area contributed by atoms with Crippen LogP contribution in [-0.2, 0) is 14.8 Å². The Morgan fingerprint density at radius 2 is 2.12 bits per heavy atom. The van der Waals surface area contributed by atoms with Crippen LogP contribution in [0.4, 0.5) is 0 Å². The average Bonchev–Trinajstić information content (AvgIpc) is 2.67. The third-order valence-electron chi connectivity index (χ3n) is 4.10. The summed E-state index contributed by atoms with van der Waals surface area (Å²) in [4.78, 5) is 12.4. The summed E-state index contributed by atoms with van der Waals surface area (Å²) in [5, 5.41) is 2.74. The summed E-state index contributed by atoms with van der Waals surface area (Å²) >= 11 is 0. The van der Waals surface area contributed by atoms with Crippen LogP contribution in [0.2, 0.25) is 0 Å². The summed E-state index contributed by atoms with van der Waals surface area (Å²) in [6.07, 6.45) is 6.91. The molecule has 2 rings (SSSR count). The van der Waals surface area contributed by atoms with Crippen molar-refractivity contribution >= 4 is 15.9 Å². The van der Waals surface area contributed by atoms with E-state index < -0.39 is 22.0 Å². The molecule has 0 aliphatic carbocycles. The SMILES string of the molecule is C#C[C@@H](CCC)NC(=O)c1ccc(OC)c(S(=O)(=O)N2CCOCC2)c1. The number of morpholine rings is 1. The van der Waals surface area contributed by atoms with Crippen LogP contribution in [0.1, 0.15) is 30.1 Å². The van der Waals surface area contributed by atoms with Gasteiger partial charge in [0.25, 0.3) is 5.91 Å². The minimum Gasteiger partial charge on any atom is -0.495 e. The standard InChI is InChI=1S/C18H24N2O5S/c1-4-6-15(5-2)19-18(21)14-7-8-16(24-3)17(13-14)26(22,23)20-9-11-25-12-10-20/h2,7-8,13,15H,4,6,9-12H2,1,3H3,(H,19,21)/t15-/m0/s1. The number of methoxy groups -OCH3 is 1. The van der Waals surface area contributed by atoms with E-state index in [0.717, 1.165) is 6.42 Å². The zero-order chi connectivity index (χ0) is 19.2. The Balaban J connectivity index is 2.33. The molecule has 1 aliphatic rings. The first-order chi connectivity index (χ1) is 12.4. The largest absolute Gasteiger partial charge is 0.495 e. The van der Waals surface area contributed by atoms with E-state index in [1.807, 2.05) is 6.92 Å². The number of sulfonamides is 1. The predicted molar refractivity (Wildman–Crippen MR) is 97.6 cm³/mol. The van der Waals surface area contributed by atoms with Gasteiger partial charge in [0.2, 0.25) is 10.0 Å². The third kappa shape index (κ3) is 4.55. The number of rotatable bonds is 7. The van der Waals surface area contributed by atoms with Gasteiger partial charge in [-0.25, -0.2) is 8.42 Å². The Morgan fingerprint density at radius 3 is 2.69 bits per heavy atom. The molecular formula is C18H24N2O5S. The van der Waals surface area contributed by atoms with Crippen molar-refractivity contribution in [3.05, 3.63) is 23.8 Å². The van der Waals surface area contributed by atoms with Gasteiger partial charge in [0.1, 0.15) is 10.6 Å². The first-order valence-electron chi connectivity index (χ1n) is 8.47. The Hall–Kier alpha value is -2.08. The molecule has 8 heteroatoms. The summed E-state index contributed by atoms with van der Waals surface area (Å²) in [6, 6.07) is 3.94. The average molecular weight is 380 g/mol. The van der Waals surface area contributed by atoms with Crippen molar-refractivity contribution < 1.29 is 22.7 Å². The molecule has 0 spiro atoms. The fraction of sp³-hybridized carbons (Fsp3) is 0.500. The van der Waals surface area contributed by atoms with E-state index in [0.29, 0.717) is 19.6 Å². The lowest BCUT2D eigenvalue weighted by molar-refractivity contribution is 0.0729. The number of carbonyl (C=O) groups excluding carboxylic acids is 1. The quantitative estimate of drug-likeness (QED) is 0.720. The molecule has 0 bridgehead atoms. The molecule has 1 aliphatic heterocycles. The number of terminal acetylenes is 1. The van der Waals surface area contributed by atoms with Gasteiger partial charge in [0.05, 0.1) is 26.4 Å². The second-order valence-corrected chi connectivity index (χ2v) is 7.77. The zero-order valence-corrected chi connectivity index (χ0v) is 15.8. The molecule has 7 nitrogen and oxygen atoms in total. The Morgan fingerprint density at radius 1 is 1.42 bits per heavy atom. The first-order valence-corrected chi connectivity index (χ1v) is 9.91. The highest BCUT2D eigenvalue weighted by molar-refractivity contribution is 7.89. The predicted octanol–water partition coefficient (Wildman–Crippen LogP) is 1.25. The number of hydrogen-bond donors (Lipinski definition) is 1. The van der Waals surface area contributed by atoms with Gasteiger partial charge in [0.15, 0.2) is 0 Å². The molecule has 1 aromatic rings. The molecule has 1 N–H and O–H groups in total. The summed E-state index contributed by atoms with van der Waals surface area (Å²) in [5.74, 6) is 2.30. The van der Waals surface area contributed by atoms with Crippen LogP contribution < -0.4 is 10.1 Å².